The van der Waals surface area contributed by atoms with Crippen molar-refractivity contribution < 1.29 is 4.79 Å². The monoisotopic (exact) mass is 404 g/mol. The minimum absolute atomic E-state index is 0.159. The van der Waals surface area contributed by atoms with Crippen molar-refractivity contribution in [3.8, 4) is 5.13 Å². The number of nitrogens with one attached hydrogen (secondary N) is 2. The van der Waals surface area contributed by atoms with Crippen molar-refractivity contribution in [2.24, 2.45) is 0 Å². The molecular formula is C19H21ClN4O2S. The van der Waals surface area contributed by atoms with Crippen molar-refractivity contribution in [1.82, 2.24) is 14.8 Å². The molecule has 0 saturated heterocycles. The number of rotatable bonds is 5. The van der Waals surface area contributed by atoms with Crippen LogP contribution >= 0.6 is 22.9 Å². The molecular weight excluding hydrogens is 384 g/mol. The number of nitrogens with zero attached hydrogens (tertiary/aromatic N) is 2. The minimum atomic E-state index is -0.159. The van der Waals surface area contributed by atoms with Crippen LogP contribution < -0.4 is 10.9 Å². The Morgan fingerprint density at radius 1 is 1.30 bits per heavy atom. The maximum atomic E-state index is 12.7. The van der Waals surface area contributed by atoms with E-state index in [4.69, 9.17) is 11.6 Å². The molecule has 0 radical (unpaired) electrons. The summed E-state index contributed by atoms with van der Waals surface area (Å²) in [5.41, 5.74) is 3.71. The Bertz CT molecular complexity index is 1040. The average molecular weight is 405 g/mol. The largest absolute Gasteiger partial charge is 0.326 e. The molecule has 0 unspecified atom stereocenters. The van der Waals surface area contributed by atoms with Crippen LogP contribution in [0.5, 0.6) is 0 Å². The van der Waals surface area contributed by atoms with E-state index in [2.05, 4.69) is 15.4 Å². The number of carbonyl (C=O) groups is 1. The number of H-pyrrole nitrogens is 1. The number of halogens is 1. The fraction of sp³-hybridized carbons (Fsp3) is 0.316. The summed E-state index contributed by atoms with van der Waals surface area (Å²) < 4.78 is 1.45. The molecule has 1 amide bonds. The van der Waals surface area contributed by atoms with E-state index in [-0.39, 0.29) is 17.9 Å². The highest BCUT2D eigenvalue weighted by molar-refractivity contribution is 7.14. The third kappa shape index (κ3) is 4.14. The fourth-order valence-electron chi connectivity index (χ4n) is 2.74. The van der Waals surface area contributed by atoms with Crippen LogP contribution in [-0.2, 0) is 11.2 Å². The van der Waals surface area contributed by atoms with Crippen LogP contribution in [0.4, 0.5) is 5.69 Å². The molecule has 0 spiro atoms. The molecule has 0 atom stereocenters. The predicted octanol–water partition coefficient (Wildman–Crippen LogP) is 4.08. The average Bonchev–Trinajstić information content (AvgIpc) is 3.08. The zero-order chi connectivity index (χ0) is 19.7. The molecule has 3 rings (SSSR count). The lowest BCUT2D eigenvalue weighted by Gasteiger charge is -2.08. The fourth-order valence-corrected chi connectivity index (χ4v) is 3.78. The van der Waals surface area contributed by atoms with E-state index in [1.807, 2.05) is 33.8 Å². The summed E-state index contributed by atoms with van der Waals surface area (Å²) in [5.74, 6) is -0.159. The van der Waals surface area contributed by atoms with Gasteiger partial charge in [0, 0.05) is 33.3 Å². The third-order valence-electron chi connectivity index (χ3n) is 4.48. The van der Waals surface area contributed by atoms with Crippen LogP contribution in [0.2, 0.25) is 5.02 Å². The molecule has 27 heavy (non-hydrogen) atoms. The molecule has 8 heteroatoms. The summed E-state index contributed by atoms with van der Waals surface area (Å²) in [6.07, 6.45) is 0.554. The number of anilines is 1. The van der Waals surface area contributed by atoms with Crippen LogP contribution in [0.15, 0.2) is 23.0 Å². The Labute approximate surface area is 166 Å². The summed E-state index contributed by atoms with van der Waals surface area (Å²) in [7, 11) is 0. The van der Waals surface area contributed by atoms with E-state index in [0.29, 0.717) is 27.8 Å². The van der Waals surface area contributed by atoms with Gasteiger partial charge in [-0.05, 0) is 51.8 Å². The molecule has 0 aliphatic rings. The molecule has 142 valence electrons. The smallest absolute Gasteiger partial charge is 0.276 e. The first kappa shape index (κ1) is 19.4. The van der Waals surface area contributed by atoms with Gasteiger partial charge in [0.25, 0.3) is 5.56 Å². The van der Waals surface area contributed by atoms with Crippen molar-refractivity contribution in [2.75, 3.05) is 5.32 Å². The lowest BCUT2D eigenvalue weighted by molar-refractivity contribution is -0.116. The van der Waals surface area contributed by atoms with Gasteiger partial charge in [0.05, 0.1) is 5.69 Å². The number of hydrogen-bond acceptors (Lipinski definition) is 4. The van der Waals surface area contributed by atoms with E-state index in [9.17, 15) is 9.59 Å². The Kier molecular flexibility index (Phi) is 5.53. The first-order chi connectivity index (χ1) is 12.8. The van der Waals surface area contributed by atoms with Crippen molar-refractivity contribution in [3.05, 3.63) is 61.0 Å². The Morgan fingerprint density at radius 2 is 2.04 bits per heavy atom. The van der Waals surface area contributed by atoms with Crippen LogP contribution in [-0.4, -0.2) is 20.7 Å². The number of aromatic nitrogens is 3. The normalized spacial score (nSPS) is 11.0. The maximum absolute atomic E-state index is 12.7. The van der Waals surface area contributed by atoms with Gasteiger partial charge in [-0.1, -0.05) is 29.0 Å². The van der Waals surface area contributed by atoms with Crippen LogP contribution in [0.1, 0.15) is 33.8 Å². The highest BCUT2D eigenvalue weighted by Gasteiger charge is 2.16. The van der Waals surface area contributed by atoms with Crippen LogP contribution in [0, 0.1) is 27.7 Å². The maximum Gasteiger partial charge on any atom is 0.276 e. The van der Waals surface area contributed by atoms with E-state index >= 15 is 0 Å². The highest BCUT2D eigenvalue weighted by atomic mass is 35.5. The van der Waals surface area contributed by atoms with Crippen molar-refractivity contribution >= 4 is 34.5 Å². The zero-order valence-corrected chi connectivity index (χ0v) is 17.2. The number of benzene rings is 1. The lowest BCUT2D eigenvalue weighted by atomic mass is 10.1. The number of amides is 1. The predicted molar refractivity (Wildman–Crippen MR) is 109 cm³/mol. The first-order valence-corrected chi connectivity index (χ1v) is 9.76. The van der Waals surface area contributed by atoms with Gasteiger partial charge in [-0.3, -0.25) is 14.7 Å². The summed E-state index contributed by atoms with van der Waals surface area (Å²) >= 11 is 7.45. The van der Waals surface area contributed by atoms with Gasteiger partial charge < -0.3 is 5.32 Å². The standard InChI is InChI=1S/C19H21ClN4O2S/c1-10-5-6-14(20)9-16(10)22-17(25)8-7-15-12(3)23-24(18(15)26)19-21-11(2)13(4)27-19/h5-6,9,23H,7-8H2,1-4H3,(H,22,25). The van der Waals surface area contributed by atoms with Crippen molar-refractivity contribution in [3.63, 3.8) is 0 Å². The summed E-state index contributed by atoms with van der Waals surface area (Å²) in [5, 5.41) is 7.10. The zero-order valence-electron chi connectivity index (χ0n) is 15.6. The Balaban J connectivity index is 1.74. The number of carbonyl (C=O) groups excluding carboxylic acids is 1. The van der Waals surface area contributed by atoms with Gasteiger partial charge in [-0.25, -0.2) is 4.98 Å². The summed E-state index contributed by atoms with van der Waals surface area (Å²) in [6, 6.07) is 5.35. The number of aryl methyl sites for hydroxylation is 4. The quantitative estimate of drug-likeness (QED) is 0.672. The third-order valence-corrected chi connectivity index (χ3v) is 5.77. The number of aromatic amines is 1. The second-order valence-corrected chi connectivity index (χ2v) is 8.12. The van der Waals surface area contributed by atoms with Crippen molar-refractivity contribution in [1.29, 1.82) is 0 Å². The molecule has 0 aliphatic carbocycles. The van der Waals surface area contributed by atoms with Gasteiger partial charge in [-0.2, -0.15) is 4.68 Å². The molecule has 3 aromatic rings. The molecule has 2 heterocycles. The van der Waals surface area contributed by atoms with Crippen LogP contribution in [0.25, 0.3) is 5.13 Å². The van der Waals surface area contributed by atoms with E-state index in [0.717, 1.165) is 21.8 Å². The molecule has 0 fully saturated rings. The first-order valence-electron chi connectivity index (χ1n) is 8.57. The van der Waals surface area contributed by atoms with Gasteiger partial charge in [0.1, 0.15) is 0 Å². The second-order valence-electron chi connectivity index (χ2n) is 6.50. The summed E-state index contributed by atoms with van der Waals surface area (Å²) in [6.45, 7) is 7.62. The molecule has 0 bridgehead atoms. The number of thiazole rings is 1. The molecule has 0 aliphatic heterocycles. The van der Waals surface area contributed by atoms with Crippen molar-refractivity contribution in [2.45, 2.75) is 40.5 Å². The van der Waals surface area contributed by atoms with E-state index < -0.39 is 0 Å². The Morgan fingerprint density at radius 3 is 2.70 bits per heavy atom. The molecule has 6 nitrogen and oxygen atoms in total. The Hall–Kier alpha value is -2.38. The highest BCUT2D eigenvalue weighted by Crippen LogP contribution is 2.21. The van der Waals surface area contributed by atoms with Gasteiger partial charge in [0.2, 0.25) is 11.0 Å². The molecule has 2 aromatic heterocycles. The number of hydrogen-bond donors (Lipinski definition) is 2. The second kappa shape index (κ2) is 7.70. The van der Waals surface area contributed by atoms with Gasteiger partial charge in [-0.15, -0.1) is 0 Å². The molecule has 0 saturated carbocycles. The topological polar surface area (TPSA) is 79.8 Å². The van der Waals surface area contributed by atoms with Gasteiger partial charge in [0.15, 0.2) is 0 Å². The molecule has 1 aromatic carbocycles. The van der Waals surface area contributed by atoms with Crippen LogP contribution in [0.3, 0.4) is 0 Å². The lowest BCUT2D eigenvalue weighted by Crippen LogP contribution is -2.19. The minimum Gasteiger partial charge on any atom is -0.326 e. The van der Waals surface area contributed by atoms with E-state index in [1.54, 1.807) is 12.1 Å². The summed E-state index contributed by atoms with van der Waals surface area (Å²) in [4.78, 5) is 30.5. The molecule has 2 N–H and O–H groups in total. The van der Waals surface area contributed by atoms with E-state index in [1.165, 1.54) is 16.0 Å². The van der Waals surface area contributed by atoms with Gasteiger partial charge >= 0.3 is 0 Å². The SMILES string of the molecule is Cc1ccc(Cl)cc1NC(=O)CCc1c(C)[nH]n(-c2nc(C)c(C)s2)c1=O.